The van der Waals surface area contributed by atoms with Crippen molar-refractivity contribution in [3.63, 3.8) is 0 Å². The Kier molecular flexibility index (Phi) is 6.07. The van der Waals surface area contributed by atoms with Crippen LogP contribution in [0.3, 0.4) is 0 Å². The van der Waals surface area contributed by atoms with Gasteiger partial charge in [0.1, 0.15) is 11.3 Å². The van der Waals surface area contributed by atoms with E-state index >= 15 is 0 Å². The molecule has 0 amide bonds. The van der Waals surface area contributed by atoms with Crippen LogP contribution in [-0.2, 0) is 6.54 Å². The molecule has 0 aliphatic heterocycles. The average Bonchev–Trinajstić information content (AvgIpc) is 3.11. The van der Waals surface area contributed by atoms with E-state index in [1.165, 1.54) is 0 Å². The van der Waals surface area contributed by atoms with Crippen molar-refractivity contribution in [3.05, 3.63) is 40.6 Å². The Morgan fingerprint density at radius 1 is 0.935 bits per heavy atom. The molecule has 0 spiro atoms. The molecule has 0 fully saturated rings. The van der Waals surface area contributed by atoms with Gasteiger partial charge in [0, 0.05) is 34.6 Å². The number of hydrogen-bond acceptors (Lipinski definition) is 6. The van der Waals surface area contributed by atoms with Crippen LogP contribution in [0.5, 0.6) is 17.2 Å². The summed E-state index contributed by atoms with van der Waals surface area (Å²) in [6.07, 6.45) is 0. The minimum Gasteiger partial charge on any atom is -0.497 e. The van der Waals surface area contributed by atoms with Gasteiger partial charge in [0.25, 0.3) is 0 Å². The molecular formula is C24H28N2O4S. The van der Waals surface area contributed by atoms with Crippen molar-refractivity contribution in [1.82, 2.24) is 9.47 Å². The second-order valence-electron chi connectivity index (χ2n) is 7.37. The summed E-state index contributed by atoms with van der Waals surface area (Å²) in [7, 11) is 4.90. The third-order valence-electron chi connectivity index (χ3n) is 5.92. The van der Waals surface area contributed by atoms with Gasteiger partial charge < -0.3 is 23.7 Å². The molecule has 0 aliphatic carbocycles. The number of fused-ring (bicyclic) bond motifs is 4. The zero-order valence-electron chi connectivity index (χ0n) is 18.7. The Morgan fingerprint density at radius 3 is 2.29 bits per heavy atom. The maximum absolute atomic E-state index is 13.6. The predicted octanol–water partition coefficient (Wildman–Crippen LogP) is 4.74. The molecule has 0 N–H and O–H groups in total. The lowest BCUT2D eigenvalue weighted by molar-refractivity contribution is 0.293. The van der Waals surface area contributed by atoms with Gasteiger partial charge in [-0.05, 0) is 37.4 Å². The molecule has 4 aromatic rings. The monoisotopic (exact) mass is 440 g/mol. The summed E-state index contributed by atoms with van der Waals surface area (Å²) in [4.78, 5) is 16.0. The third-order valence-corrected chi connectivity index (χ3v) is 7.09. The SMILES string of the molecule is CCN(CC)CCn1c2cc(OC)c(OC)cc2c2sc3cc(OC)ccc3c(=O)c21. The summed E-state index contributed by atoms with van der Waals surface area (Å²) in [6.45, 7) is 7.85. The van der Waals surface area contributed by atoms with E-state index in [2.05, 4.69) is 23.3 Å². The van der Waals surface area contributed by atoms with Gasteiger partial charge in [-0.1, -0.05) is 13.8 Å². The Bertz CT molecular complexity index is 1300. The molecule has 0 aliphatic rings. The average molecular weight is 441 g/mol. The summed E-state index contributed by atoms with van der Waals surface area (Å²) >= 11 is 1.61. The van der Waals surface area contributed by atoms with Gasteiger partial charge in [0.05, 0.1) is 31.5 Å². The largest absolute Gasteiger partial charge is 0.497 e. The first kappa shape index (κ1) is 21.5. The van der Waals surface area contributed by atoms with Gasteiger partial charge >= 0.3 is 0 Å². The highest BCUT2D eigenvalue weighted by molar-refractivity contribution is 7.25. The molecule has 164 valence electrons. The van der Waals surface area contributed by atoms with Gasteiger partial charge in [-0.3, -0.25) is 4.79 Å². The minimum atomic E-state index is 0.0417. The smallest absolute Gasteiger partial charge is 0.212 e. The lowest BCUT2D eigenvalue weighted by Crippen LogP contribution is -2.27. The molecule has 0 bridgehead atoms. The standard InChI is InChI=1S/C24H28N2O4S/c1-6-25(7-2)10-11-26-18-14-20(30-5)19(29-4)13-17(18)24-22(26)23(27)16-9-8-15(28-3)12-21(16)31-24/h8-9,12-14H,6-7,10-11H2,1-5H3. The van der Waals surface area contributed by atoms with Crippen LogP contribution in [-0.4, -0.2) is 50.4 Å². The molecule has 31 heavy (non-hydrogen) atoms. The van der Waals surface area contributed by atoms with Gasteiger partial charge in [-0.25, -0.2) is 0 Å². The number of nitrogens with zero attached hydrogens (tertiary/aromatic N) is 2. The molecule has 4 rings (SSSR count). The van der Waals surface area contributed by atoms with E-state index in [0.717, 1.165) is 57.7 Å². The molecule has 2 aromatic carbocycles. The maximum Gasteiger partial charge on any atom is 0.212 e. The summed E-state index contributed by atoms with van der Waals surface area (Å²) in [6, 6.07) is 9.60. The number of likely N-dealkylation sites (N-methyl/N-ethyl adjacent to an activating group) is 1. The van der Waals surface area contributed by atoms with Crippen LogP contribution in [0, 0.1) is 0 Å². The van der Waals surface area contributed by atoms with Crippen molar-refractivity contribution in [1.29, 1.82) is 0 Å². The van der Waals surface area contributed by atoms with E-state index in [0.29, 0.717) is 16.9 Å². The van der Waals surface area contributed by atoms with Crippen LogP contribution < -0.4 is 19.6 Å². The van der Waals surface area contributed by atoms with Crippen LogP contribution in [0.2, 0.25) is 0 Å². The van der Waals surface area contributed by atoms with Crippen molar-refractivity contribution in [2.75, 3.05) is 41.0 Å². The second kappa shape index (κ2) is 8.77. The summed E-state index contributed by atoms with van der Waals surface area (Å²) < 4.78 is 20.5. The van der Waals surface area contributed by atoms with Crippen molar-refractivity contribution < 1.29 is 14.2 Å². The highest BCUT2D eigenvalue weighted by Gasteiger charge is 2.20. The van der Waals surface area contributed by atoms with E-state index in [4.69, 9.17) is 14.2 Å². The number of rotatable bonds is 8. The normalized spacial score (nSPS) is 11.7. The lowest BCUT2D eigenvalue weighted by Gasteiger charge is -2.19. The third kappa shape index (κ3) is 3.62. The zero-order valence-corrected chi connectivity index (χ0v) is 19.5. The highest BCUT2D eigenvalue weighted by Crippen LogP contribution is 2.40. The van der Waals surface area contributed by atoms with Crippen LogP contribution in [0.4, 0.5) is 0 Å². The fourth-order valence-corrected chi connectivity index (χ4v) is 5.36. The second-order valence-corrected chi connectivity index (χ2v) is 8.43. The summed E-state index contributed by atoms with van der Waals surface area (Å²) in [5.74, 6) is 2.06. The number of benzene rings is 2. The molecule has 2 aromatic heterocycles. The van der Waals surface area contributed by atoms with Crippen molar-refractivity contribution >= 4 is 42.5 Å². The van der Waals surface area contributed by atoms with Crippen molar-refractivity contribution in [2.24, 2.45) is 0 Å². The number of ether oxygens (including phenoxy) is 3. The van der Waals surface area contributed by atoms with Crippen LogP contribution >= 0.6 is 11.3 Å². The molecule has 0 saturated carbocycles. The van der Waals surface area contributed by atoms with Gasteiger partial charge in [-0.15, -0.1) is 11.3 Å². The first-order valence-electron chi connectivity index (χ1n) is 10.5. The Balaban J connectivity index is 2.07. The van der Waals surface area contributed by atoms with E-state index in [9.17, 15) is 4.79 Å². The molecule has 0 saturated heterocycles. The van der Waals surface area contributed by atoms with Crippen LogP contribution in [0.15, 0.2) is 35.1 Å². The molecule has 0 radical (unpaired) electrons. The Labute approximate surface area is 185 Å². The highest BCUT2D eigenvalue weighted by atomic mass is 32.1. The van der Waals surface area contributed by atoms with Gasteiger partial charge in [-0.2, -0.15) is 0 Å². The van der Waals surface area contributed by atoms with E-state index < -0.39 is 0 Å². The minimum absolute atomic E-state index is 0.0417. The predicted molar refractivity (Wildman–Crippen MR) is 129 cm³/mol. The molecule has 2 heterocycles. The van der Waals surface area contributed by atoms with Crippen LogP contribution in [0.1, 0.15) is 13.8 Å². The number of hydrogen-bond donors (Lipinski definition) is 0. The number of methoxy groups -OCH3 is 3. The Hall–Kier alpha value is -2.77. The van der Waals surface area contributed by atoms with E-state index in [-0.39, 0.29) is 5.43 Å². The van der Waals surface area contributed by atoms with Crippen molar-refractivity contribution in [2.45, 2.75) is 20.4 Å². The van der Waals surface area contributed by atoms with Gasteiger partial charge in [0.15, 0.2) is 11.5 Å². The first-order valence-corrected chi connectivity index (χ1v) is 11.3. The Morgan fingerprint density at radius 2 is 1.65 bits per heavy atom. The van der Waals surface area contributed by atoms with Crippen molar-refractivity contribution in [3.8, 4) is 17.2 Å². The maximum atomic E-state index is 13.6. The summed E-state index contributed by atoms with van der Waals surface area (Å²) in [5.41, 5.74) is 1.76. The van der Waals surface area contributed by atoms with Gasteiger partial charge in [0.2, 0.25) is 5.43 Å². The molecule has 0 atom stereocenters. The topological polar surface area (TPSA) is 52.9 Å². The first-order chi connectivity index (χ1) is 15.1. The number of aromatic nitrogens is 1. The molecule has 6 nitrogen and oxygen atoms in total. The molecule has 7 heteroatoms. The zero-order chi connectivity index (χ0) is 22.1. The van der Waals surface area contributed by atoms with E-state index in [1.54, 1.807) is 32.7 Å². The summed E-state index contributed by atoms with van der Waals surface area (Å²) in [5, 5.41) is 1.71. The quantitative estimate of drug-likeness (QED) is 0.396. The molecular weight excluding hydrogens is 412 g/mol. The fraction of sp³-hybridized carbons (Fsp3) is 0.375. The fourth-order valence-electron chi connectivity index (χ4n) is 4.13. The lowest BCUT2D eigenvalue weighted by atomic mass is 10.2. The molecule has 0 unspecified atom stereocenters. The van der Waals surface area contributed by atoms with Crippen LogP contribution in [0.25, 0.3) is 31.2 Å². The van der Waals surface area contributed by atoms with E-state index in [1.807, 2.05) is 30.3 Å².